The van der Waals surface area contributed by atoms with Gasteiger partial charge in [-0.15, -0.1) is 0 Å². The second-order valence-electron chi connectivity index (χ2n) is 3.68. The van der Waals surface area contributed by atoms with Gasteiger partial charge in [0.05, 0.1) is 12.9 Å². The summed E-state index contributed by atoms with van der Waals surface area (Å²) in [5, 5.41) is 12.3. The van der Waals surface area contributed by atoms with E-state index < -0.39 is 10.1 Å². The van der Waals surface area contributed by atoms with Crippen LogP contribution in [0.2, 0.25) is 0 Å². The minimum Gasteiger partial charge on any atom is -0.497 e. The topological polar surface area (TPSA) is 88.8 Å². The fourth-order valence-electron chi connectivity index (χ4n) is 1.24. The number of nitrogens with zero attached hydrogens (tertiary/aromatic N) is 2. The minimum absolute atomic E-state index is 0.213. The highest BCUT2D eigenvalue weighted by Crippen LogP contribution is 2.20. The van der Waals surface area contributed by atoms with E-state index in [2.05, 4.69) is 16.0 Å². The monoisotopic (exact) mass is 294 g/mol. The summed E-state index contributed by atoms with van der Waals surface area (Å²) >= 11 is 0. The van der Waals surface area contributed by atoms with Crippen LogP contribution < -0.4 is 4.74 Å². The van der Waals surface area contributed by atoms with Gasteiger partial charge in [-0.25, -0.2) is 0 Å². The quantitative estimate of drug-likeness (QED) is 0.591. The first-order chi connectivity index (χ1) is 9.43. The van der Waals surface area contributed by atoms with Crippen LogP contribution in [-0.4, -0.2) is 27.0 Å². The Labute approximate surface area is 118 Å². The van der Waals surface area contributed by atoms with Crippen molar-refractivity contribution < 1.29 is 17.4 Å². The highest BCUT2D eigenvalue weighted by atomic mass is 32.2. The standard InChI is InChI=1S/C13H14N2O4S/c1-4-20(16,17)19-15-13(9-14)10(2)11-6-5-7-12(8-11)18-3/h5-8H,2,4H2,1,3H3. The number of allylic oxidation sites excluding steroid dienone is 1. The molecule has 0 unspecified atom stereocenters. The third-order valence-electron chi connectivity index (χ3n) is 2.41. The molecule has 0 atom stereocenters. The molecule has 0 saturated heterocycles. The zero-order chi connectivity index (χ0) is 15.2. The first-order valence-electron chi connectivity index (χ1n) is 5.66. The Balaban J connectivity index is 3.04. The van der Waals surface area contributed by atoms with Gasteiger partial charge in [-0.05, 0) is 24.6 Å². The fraction of sp³-hybridized carbons (Fsp3) is 0.231. The van der Waals surface area contributed by atoms with Gasteiger partial charge in [0.1, 0.15) is 11.8 Å². The molecule has 1 rings (SSSR count). The molecular weight excluding hydrogens is 280 g/mol. The van der Waals surface area contributed by atoms with Crippen LogP contribution in [0.5, 0.6) is 5.75 Å². The lowest BCUT2D eigenvalue weighted by Gasteiger charge is -2.06. The van der Waals surface area contributed by atoms with Crippen molar-refractivity contribution in [3.05, 3.63) is 36.4 Å². The number of rotatable bonds is 6. The number of methoxy groups -OCH3 is 1. The third-order valence-corrected chi connectivity index (χ3v) is 3.41. The van der Waals surface area contributed by atoms with E-state index in [1.165, 1.54) is 14.0 Å². The van der Waals surface area contributed by atoms with Gasteiger partial charge in [0.15, 0.2) is 5.71 Å². The Morgan fingerprint density at radius 2 is 2.20 bits per heavy atom. The van der Waals surface area contributed by atoms with Crippen LogP contribution in [0, 0.1) is 11.3 Å². The second-order valence-corrected chi connectivity index (χ2v) is 5.52. The zero-order valence-electron chi connectivity index (χ0n) is 11.2. The molecule has 0 aliphatic rings. The molecule has 0 bridgehead atoms. The summed E-state index contributed by atoms with van der Waals surface area (Å²) in [6, 6.07) is 8.57. The minimum atomic E-state index is -3.76. The molecule has 0 aromatic heterocycles. The van der Waals surface area contributed by atoms with Crippen molar-refractivity contribution in [1.29, 1.82) is 5.26 Å². The van der Waals surface area contributed by atoms with Gasteiger partial charge >= 0.3 is 10.1 Å². The predicted molar refractivity (Wildman–Crippen MR) is 75.6 cm³/mol. The summed E-state index contributed by atoms with van der Waals surface area (Å²) in [4.78, 5) is 0. The molecule has 0 fully saturated rings. The predicted octanol–water partition coefficient (Wildman–Crippen LogP) is 1.95. The van der Waals surface area contributed by atoms with Crippen LogP contribution in [0.1, 0.15) is 12.5 Å². The largest absolute Gasteiger partial charge is 0.497 e. The van der Waals surface area contributed by atoms with Crippen molar-refractivity contribution in [1.82, 2.24) is 0 Å². The van der Waals surface area contributed by atoms with Gasteiger partial charge in [0, 0.05) is 5.57 Å². The molecular formula is C13H14N2O4S. The second kappa shape index (κ2) is 6.73. The van der Waals surface area contributed by atoms with E-state index in [4.69, 9.17) is 10.00 Å². The van der Waals surface area contributed by atoms with E-state index in [1.807, 2.05) is 0 Å². The summed E-state index contributed by atoms with van der Waals surface area (Å²) in [5.74, 6) is 0.351. The Bertz CT molecular complexity index is 672. The number of hydrogen-bond donors (Lipinski definition) is 0. The van der Waals surface area contributed by atoms with E-state index in [-0.39, 0.29) is 17.0 Å². The van der Waals surface area contributed by atoms with Crippen molar-refractivity contribution in [2.24, 2.45) is 5.16 Å². The molecule has 0 amide bonds. The van der Waals surface area contributed by atoms with Crippen molar-refractivity contribution in [2.75, 3.05) is 12.9 Å². The van der Waals surface area contributed by atoms with Gasteiger partial charge in [-0.3, -0.25) is 4.28 Å². The molecule has 1 aromatic rings. The molecule has 0 radical (unpaired) electrons. The van der Waals surface area contributed by atoms with Crippen LogP contribution in [0.25, 0.3) is 5.57 Å². The van der Waals surface area contributed by atoms with Gasteiger partial charge < -0.3 is 4.74 Å². The average Bonchev–Trinajstić information content (AvgIpc) is 2.47. The first kappa shape index (κ1) is 15.7. The number of nitriles is 1. The Hall–Kier alpha value is -2.33. The molecule has 0 N–H and O–H groups in total. The smallest absolute Gasteiger partial charge is 0.328 e. The number of hydrogen-bond acceptors (Lipinski definition) is 6. The number of oxime groups is 1. The Kier molecular flexibility index (Phi) is 5.29. The van der Waals surface area contributed by atoms with Crippen molar-refractivity contribution >= 4 is 21.4 Å². The van der Waals surface area contributed by atoms with Gasteiger partial charge in [0.2, 0.25) is 0 Å². The van der Waals surface area contributed by atoms with Gasteiger partial charge in [-0.2, -0.15) is 13.7 Å². The van der Waals surface area contributed by atoms with Crippen LogP contribution in [0.3, 0.4) is 0 Å². The van der Waals surface area contributed by atoms with Gasteiger partial charge in [-0.1, -0.05) is 23.9 Å². The van der Waals surface area contributed by atoms with Crippen LogP contribution in [0.4, 0.5) is 0 Å². The van der Waals surface area contributed by atoms with Crippen molar-refractivity contribution in [3.63, 3.8) is 0 Å². The highest BCUT2D eigenvalue weighted by molar-refractivity contribution is 7.86. The maximum atomic E-state index is 11.2. The van der Waals surface area contributed by atoms with Crippen LogP contribution in [-0.2, 0) is 14.4 Å². The molecule has 106 valence electrons. The molecule has 6 nitrogen and oxygen atoms in total. The maximum Gasteiger partial charge on any atom is 0.328 e. The van der Waals surface area contributed by atoms with E-state index >= 15 is 0 Å². The molecule has 0 aliphatic heterocycles. The highest BCUT2D eigenvalue weighted by Gasteiger charge is 2.12. The molecule has 7 heteroatoms. The Morgan fingerprint density at radius 3 is 2.75 bits per heavy atom. The fourth-order valence-corrected chi connectivity index (χ4v) is 1.53. The summed E-state index contributed by atoms with van der Waals surface area (Å²) in [5.41, 5.74) is 0.620. The van der Waals surface area contributed by atoms with Crippen molar-refractivity contribution in [2.45, 2.75) is 6.92 Å². The molecule has 1 aromatic carbocycles. The lowest BCUT2D eigenvalue weighted by Crippen LogP contribution is -2.07. The molecule has 20 heavy (non-hydrogen) atoms. The van der Waals surface area contributed by atoms with E-state index in [1.54, 1.807) is 30.3 Å². The third kappa shape index (κ3) is 4.10. The molecule has 0 aliphatic carbocycles. The zero-order valence-corrected chi connectivity index (χ0v) is 12.0. The SMILES string of the molecule is C=C(C(C#N)=NOS(=O)(=O)CC)c1cccc(OC)c1. The first-order valence-corrected chi connectivity index (χ1v) is 7.24. The van der Waals surface area contributed by atoms with E-state index in [9.17, 15) is 8.42 Å². The maximum absolute atomic E-state index is 11.2. The molecule has 0 spiro atoms. The van der Waals surface area contributed by atoms with Crippen LogP contribution in [0.15, 0.2) is 36.0 Å². The van der Waals surface area contributed by atoms with Crippen molar-refractivity contribution in [3.8, 4) is 11.8 Å². The summed E-state index contributed by atoms with van der Waals surface area (Å²) in [6.07, 6.45) is 0. The summed E-state index contributed by atoms with van der Waals surface area (Å²) in [6.45, 7) is 5.12. The molecule has 0 saturated carbocycles. The normalized spacial score (nSPS) is 11.6. The van der Waals surface area contributed by atoms with E-state index in [0.29, 0.717) is 11.3 Å². The number of benzene rings is 1. The van der Waals surface area contributed by atoms with E-state index in [0.717, 1.165) is 0 Å². The number of ether oxygens (including phenoxy) is 1. The lowest BCUT2D eigenvalue weighted by atomic mass is 10.0. The molecule has 0 heterocycles. The average molecular weight is 294 g/mol. The lowest BCUT2D eigenvalue weighted by molar-refractivity contribution is 0.341. The Morgan fingerprint density at radius 1 is 1.50 bits per heavy atom. The summed E-state index contributed by atoms with van der Waals surface area (Å²) in [7, 11) is -2.25. The summed E-state index contributed by atoms with van der Waals surface area (Å²) < 4.78 is 31.8. The van der Waals surface area contributed by atoms with Gasteiger partial charge in [0.25, 0.3) is 0 Å². The van der Waals surface area contributed by atoms with Crippen LogP contribution >= 0.6 is 0 Å².